The Morgan fingerprint density at radius 2 is 2.26 bits per heavy atom. The minimum Gasteiger partial charge on any atom is -0.491 e. The summed E-state index contributed by atoms with van der Waals surface area (Å²) in [6, 6.07) is 6.90. The predicted octanol–water partition coefficient (Wildman–Crippen LogP) is 1.73. The molecule has 1 N–H and O–H groups in total. The van der Waals surface area contributed by atoms with Gasteiger partial charge in [-0.05, 0) is 43.5 Å². The van der Waals surface area contributed by atoms with E-state index in [-0.39, 0.29) is 5.91 Å². The van der Waals surface area contributed by atoms with Crippen molar-refractivity contribution in [2.45, 2.75) is 31.7 Å². The van der Waals surface area contributed by atoms with E-state index in [1.807, 2.05) is 13.1 Å². The zero-order valence-corrected chi connectivity index (χ0v) is 11.3. The van der Waals surface area contributed by atoms with Gasteiger partial charge in [-0.3, -0.25) is 4.79 Å². The summed E-state index contributed by atoms with van der Waals surface area (Å²) in [6.07, 6.45) is 4.07. The van der Waals surface area contributed by atoms with E-state index in [2.05, 4.69) is 17.4 Å². The molecular formula is C15H20N2O2. The van der Waals surface area contributed by atoms with Crippen LogP contribution in [0.25, 0.3) is 0 Å². The second kappa shape index (κ2) is 5.21. The van der Waals surface area contributed by atoms with Gasteiger partial charge in [0, 0.05) is 13.1 Å². The van der Waals surface area contributed by atoms with E-state index in [0.717, 1.165) is 30.4 Å². The van der Waals surface area contributed by atoms with Crippen molar-refractivity contribution >= 4 is 11.6 Å². The molecule has 1 amide bonds. The highest BCUT2D eigenvalue weighted by Crippen LogP contribution is 2.31. The third-order valence-corrected chi connectivity index (χ3v) is 3.76. The van der Waals surface area contributed by atoms with E-state index < -0.39 is 0 Å². The van der Waals surface area contributed by atoms with E-state index >= 15 is 0 Å². The molecule has 1 fully saturated rings. The molecule has 0 bridgehead atoms. The fraction of sp³-hybridized carbons (Fsp3) is 0.533. The van der Waals surface area contributed by atoms with Crippen LogP contribution in [0.4, 0.5) is 5.69 Å². The molecule has 3 rings (SSSR count). The first-order chi connectivity index (χ1) is 9.24. The number of benzene rings is 1. The summed E-state index contributed by atoms with van der Waals surface area (Å²) in [5.74, 6) is 0.930. The maximum absolute atomic E-state index is 11.8. The SMILES string of the molecule is CN1C(=O)CCOc2ccc(CCNC3CC3)cc21. The molecule has 0 radical (unpaired) electrons. The van der Waals surface area contributed by atoms with Crippen LogP contribution in [0.3, 0.4) is 0 Å². The van der Waals surface area contributed by atoms with E-state index in [9.17, 15) is 4.79 Å². The van der Waals surface area contributed by atoms with Gasteiger partial charge in [0.05, 0.1) is 18.7 Å². The highest BCUT2D eigenvalue weighted by molar-refractivity contribution is 5.95. The van der Waals surface area contributed by atoms with Crippen LogP contribution < -0.4 is 15.0 Å². The number of hydrogen-bond acceptors (Lipinski definition) is 3. The highest BCUT2D eigenvalue weighted by atomic mass is 16.5. The molecule has 0 unspecified atom stereocenters. The number of nitrogens with one attached hydrogen (secondary N) is 1. The molecule has 0 saturated heterocycles. The van der Waals surface area contributed by atoms with E-state index in [1.165, 1.54) is 18.4 Å². The topological polar surface area (TPSA) is 41.6 Å². The van der Waals surface area contributed by atoms with Crippen LogP contribution in [0.15, 0.2) is 18.2 Å². The molecule has 2 aliphatic rings. The molecule has 1 saturated carbocycles. The van der Waals surface area contributed by atoms with Gasteiger partial charge in [0.1, 0.15) is 5.75 Å². The number of rotatable bonds is 4. The van der Waals surface area contributed by atoms with Gasteiger partial charge in [-0.15, -0.1) is 0 Å². The Bertz CT molecular complexity index is 483. The van der Waals surface area contributed by atoms with Crippen LogP contribution in [-0.2, 0) is 11.2 Å². The van der Waals surface area contributed by atoms with Crippen molar-refractivity contribution in [1.82, 2.24) is 5.32 Å². The Labute approximate surface area is 113 Å². The Balaban J connectivity index is 1.72. The van der Waals surface area contributed by atoms with Crippen LogP contribution in [0.2, 0.25) is 0 Å². The molecule has 102 valence electrons. The molecule has 0 atom stereocenters. The van der Waals surface area contributed by atoms with Crippen LogP contribution in [-0.4, -0.2) is 32.1 Å². The summed E-state index contributed by atoms with van der Waals surface area (Å²) < 4.78 is 5.62. The van der Waals surface area contributed by atoms with Crippen molar-refractivity contribution in [3.05, 3.63) is 23.8 Å². The largest absolute Gasteiger partial charge is 0.491 e. The molecule has 1 heterocycles. The second-order valence-corrected chi connectivity index (χ2v) is 5.33. The molecule has 1 aliphatic carbocycles. The van der Waals surface area contributed by atoms with Gasteiger partial charge in [0.15, 0.2) is 0 Å². The summed E-state index contributed by atoms with van der Waals surface area (Å²) in [5, 5.41) is 3.51. The molecule has 4 heteroatoms. The molecular weight excluding hydrogens is 240 g/mol. The fourth-order valence-electron chi connectivity index (χ4n) is 2.36. The number of fused-ring (bicyclic) bond motifs is 1. The maximum Gasteiger partial charge on any atom is 0.230 e. The lowest BCUT2D eigenvalue weighted by atomic mass is 10.1. The first-order valence-corrected chi connectivity index (χ1v) is 7.00. The van der Waals surface area contributed by atoms with E-state index in [4.69, 9.17) is 4.74 Å². The van der Waals surface area contributed by atoms with Gasteiger partial charge in [-0.25, -0.2) is 0 Å². The Morgan fingerprint density at radius 3 is 3.05 bits per heavy atom. The minimum absolute atomic E-state index is 0.118. The fourth-order valence-corrected chi connectivity index (χ4v) is 2.36. The summed E-state index contributed by atoms with van der Waals surface area (Å²) >= 11 is 0. The number of anilines is 1. The zero-order valence-electron chi connectivity index (χ0n) is 11.3. The van der Waals surface area contributed by atoms with Crippen molar-refractivity contribution in [2.75, 3.05) is 25.1 Å². The lowest BCUT2D eigenvalue weighted by Crippen LogP contribution is -2.25. The highest BCUT2D eigenvalue weighted by Gasteiger charge is 2.21. The lowest BCUT2D eigenvalue weighted by molar-refractivity contribution is -0.118. The van der Waals surface area contributed by atoms with Gasteiger partial charge >= 0.3 is 0 Å². The zero-order chi connectivity index (χ0) is 13.2. The molecule has 4 nitrogen and oxygen atoms in total. The second-order valence-electron chi connectivity index (χ2n) is 5.33. The monoisotopic (exact) mass is 260 g/mol. The van der Waals surface area contributed by atoms with E-state index in [0.29, 0.717) is 13.0 Å². The van der Waals surface area contributed by atoms with Gasteiger partial charge in [-0.2, -0.15) is 0 Å². The first kappa shape index (κ1) is 12.5. The number of ether oxygens (including phenoxy) is 1. The van der Waals surface area contributed by atoms with Crippen LogP contribution >= 0.6 is 0 Å². The number of nitrogens with zero attached hydrogens (tertiary/aromatic N) is 1. The van der Waals surface area contributed by atoms with Crippen LogP contribution in [0, 0.1) is 0 Å². The molecule has 19 heavy (non-hydrogen) atoms. The number of amides is 1. The Hall–Kier alpha value is -1.55. The maximum atomic E-state index is 11.8. The first-order valence-electron chi connectivity index (χ1n) is 7.00. The number of hydrogen-bond donors (Lipinski definition) is 1. The van der Waals surface area contributed by atoms with Crippen LogP contribution in [0.1, 0.15) is 24.8 Å². The van der Waals surface area contributed by atoms with Crippen molar-refractivity contribution in [1.29, 1.82) is 0 Å². The Morgan fingerprint density at radius 1 is 1.42 bits per heavy atom. The lowest BCUT2D eigenvalue weighted by Gasteiger charge is -2.17. The van der Waals surface area contributed by atoms with Gasteiger partial charge < -0.3 is 15.0 Å². The summed E-state index contributed by atoms with van der Waals surface area (Å²) in [5.41, 5.74) is 2.14. The average Bonchev–Trinajstić information content (AvgIpc) is 3.23. The van der Waals surface area contributed by atoms with Gasteiger partial charge in [0.2, 0.25) is 5.91 Å². The van der Waals surface area contributed by atoms with Crippen molar-refractivity contribution < 1.29 is 9.53 Å². The quantitative estimate of drug-likeness (QED) is 0.896. The van der Waals surface area contributed by atoms with Crippen molar-refractivity contribution in [3.63, 3.8) is 0 Å². The average molecular weight is 260 g/mol. The normalized spacial score (nSPS) is 18.8. The van der Waals surface area contributed by atoms with Crippen molar-refractivity contribution in [3.8, 4) is 5.75 Å². The summed E-state index contributed by atoms with van der Waals surface area (Å²) in [7, 11) is 1.82. The number of carbonyl (C=O) groups excluding carboxylic acids is 1. The molecule has 1 aromatic rings. The smallest absolute Gasteiger partial charge is 0.230 e. The van der Waals surface area contributed by atoms with Gasteiger partial charge in [-0.1, -0.05) is 6.07 Å². The molecule has 1 aliphatic heterocycles. The number of carbonyl (C=O) groups is 1. The van der Waals surface area contributed by atoms with E-state index in [1.54, 1.807) is 4.90 Å². The van der Waals surface area contributed by atoms with Gasteiger partial charge in [0.25, 0.3) is 0 Å². The standard InChI is InChI=1S/C15H20N2O2/c1-17-13-10-11(6-8-16-12-3-4-12)2-5-14(13)19-9-7-15(17)18/h2,5,10,12,16H,3-4,6-9H2,1H3. The summed E-state index contributed by atoms with van der Waals surface area (Å²) in [4.78, 5) is 13.5. The Kier molecular flexibility index (Phi) is 3.42. The van der Waals surface area contributed by atoms with Crippen LogP contribution in [0.5, 0.6) is 5.75 Å². The third-order valence-electron chi connectivity index (χ3n) is 3.76. The predicted molar refractivity (Wildman–Crippen MR) is 74.7 cm³/mol. The van der Waals surface area contributed by atoms with Crippen molar-refractivity contribution in [2.24, 2.45) is 0 Å². The summed E-state index contributed by atoms with van der Waals surface area (Å²) in [6.45, 7) is 1.47. The molecule has 0 aromatic heterocycles. The molecule has 1 aromatic carbocycles. The minimum atomic E-state index is 0.118. The third kappa shape index (κ3) is 2.89. The molecule has 0 spiro atoms.